The lowest BCUT2D eigenvalue weighted by molar-refractivity contribution is 0.407. The van der Waals surface area contributed by atoms with Crippen molar-refractivity contribution < 1.29 is 9.13 Å². The van der Waals surface area contributed by atoms with Crippen LogP contribution < -0.4 is 20.3 Å². The SMILES string of the molecule is COc1cc(Nc2n[nH]c3cc(N4C[C@@H](C)N[C@H](C)C4)cc(F)c23)cc2c(C)n(C)nc12. The van der Waals surface area contributed by atoms with Crippen molar-refractivity contribution >= 4 is 39.0 Å². The molecule has 1 saturated heterocycles. The number of rotatable bonds is 4. The van der Waals surface area contributed by atoms with E-state index >= 15 is 4.39 Å². The summed E-state index contributed by atoms with van der Waals surface area (Å²) in [6.45, 7) is 7.95. The third kappa shape index (κ3) is 3.42. The van der Waals surface area contributed by atoms with Crippen LogP contribution in [0.5, 0.6) is 5.75 Å². The van der Waals surface area contributed by atoms with Crippen LogP contribution in [0.3, 0.4) is 0 Å². The number of piperazine rings is 1. The van der Waals surface area contributed by atoms with E-state index in [0.29, 0.717) is 34.6 Å². The Morgan fingerprint density at radius 1 is 1.16 bits per heavy atom. The molecular formula is C23H28FN7O. The molecule has 0 unspecified atom stereocenters. The average molecular weight is 438 g/mol. The fourth-order valence-electron chi connectivity index (χ4n) is 4.65. The van der Waals surface area contributed by atoms with Crippen molar-refractivity contribution in [3.05, 3.63) is 35.8 Å². The minimum absolute atomic E-state index is 0.307. The number of H-pyrrole nitrogens is 1. The van der Waals surface area contributed by atoms with E-state index in [1.165, 1.54) is 0 Å². The summed E-state index contributed by atoms with van der Waals surface area (Å²) < 4.78 is 22.6. The Labute approximate surface area is 185 Å². The number of hydrogen-bond donors (Lipinski definition) is 3. The number of nitrogens with one attached hydrogen (secondary N) is 3. The van der Waals surface area contributed by atoms with Crippen LogP contribution in [0.15, 0.2) is 24.3 Å². The summed E-state index contributed by atoms with van der Waals surface area (Å²) >= 11 is 0. The highest BCUT2D eigenvalue weighted by atomic mass is 19.1. The van der Waals surface area contributed by atoms with E-state index in [1.807, 2.05) is 36.9 Å². The van der Waals surface area contributed by atoms with Gasteiger partial charge in [-0.1, -0.05) is 0 Å². The zero-order valence-electron chi connectivity index (χ0n) is 19.0. The lowest BCUT2D eigenvalue weighted by Gasteiger charge is -2.37. The average Bonchev–Trinajstić information content (AvgIpc) is 3.28. The molecule has 2 aromatic carbocycles. The highest BCUT2D eigenvalue weighted by Gasteiger charge is 2.23. The van der Waals surface area contributed by atoms with E-state index in [9.17, 15) is 0 Å². The minimum atomic E-state index is -0.307. The fourth-order valence-corrected chi connectivity index (χ4v) is 4.65. The molecule has 3 heterocycles. The van der Waals surface area contributed by atoms with Crippen LogP contribution in [0, 0.1) is 12.7 Å². The third-order valence-corrected chi connectivity index (χ3v) is 6.21. The van der Waals surface area contributed by atoms with Crippen molar-refractivity contribution in [2.75, 3.05) is 30.4 Å². The van der Waals surface area contributed by atoms with E-state index < -0.39 is 0 Å². The van der Waals surface area contributed by atoms with E-state index in [2.05, 4.69) is 44.7 Å². The van der Waals surface area contributed by atoms with E-state index in [-0.39, 0.29) is 5.82 Å². The van der Waals surface area contributed by atoms with E-state index in [0.717, 1.165) is 41.1 Å². The number of halogens is 1. The van der Waals surface area contributed by atoms with Gasteiger partial charge < -0.3 is 20.3 Å². The minimum Gasteiger partial charge on any atom is -0.494 e. The molecule has 9 heteroatoms. The maximum Gasteiger partial charge on any atom is 0.163 e. The van der Waals surface area contributed by atoms with Gasteiger partial charge in [0.2, 0.25) is 0 Å². The molecule has 2 aromatic heterocycles. The highest BCUT2D eigenvalue weighted by Crippen LogP contribution is 2.35. The molecule has 1 aliphatic rings. The number of aromatic amines is 1. The molecule has 8 nitrogen and oxygen atoms in total. The maximum absolute atomic E-state index is 15.3. The van der Waals surface area contributed by atoms with Crippen molar-refractivity contribution in [1.29, 1.82) is 0 Å². The monoisotopic (exact) mass is 437 g/mol. The quantitative estimate of drug-likeness (QED) is 0.450. The summed E-state index contributed by atoms with van der Waals surface area (Å²) in [7, 11) is 3.52. The Bertz CT molecular complexity index is 1300. The normalized spacial score (nSPS) is 19.1. The highest BCUT2D eigenvalue weighted by molar-refractivity contribution is 5.96. The summed E-state index contributed by atoms with van der Waals surface area (Å²) in [4.78, 5) is 2.21. The molecule has 168 valence electrons. The van der Waals surface area contributed by atoms with Crippen LogP contribution in [0.1, 0.15) is 19.5 Å². The fraction of sp³-hybridized carbons (Fsp3) is 0.391. The Morgan fingerprint density at radius 2 is 1.91 bits per heavy atom. The number of methoxy groups -OCH3 is 1. The van der Waals surface area contributed by atoms with Gasteiger partial charge in [-0.25, -0.2) is 4.39 Å². The van der Waals surface area contributed by atoms with Gasteiger partial charge in [0.15, 0.2) is 5.82 Å². The second-order valence-electron chi connectivity index (χ2n) is 8.70. The second kappa shape index (κ2) is 7.67. The Morgan fingerprint density at radius 3 is 2.62 bits per heavy atom. The van der Waals surface area contributed by atoms with Gasteiger partial charge in [0.1, 0.15) is 17.1 Å². The molecule has 0 amide bonds. The zero-order valence-corrected chi connectivity index (χ0v) is 19.0. The van der Waals surface area contributed by atoms with Crippen molar-refractivity contribution in [3.8, 4) is 5.75 Å². The Balaban J connectivity index is 1.51. The topological polar surface area (TPSA) is 83.0 Å². The Kier molecular flexibility index (Phi) is 4.93. The maximum atomic E-state index is 15.3. The molecule has 1 aliphatic heterocycles. The zero-order chi connectivity index (χ0) is 22.6. The third-order valence-electron chi connectivity index (χ3n) is 6.21. The molecule has 5 rings (SSSR count). The van der Waals surface area contributed by atoms with Gasteiger partial charge in [0.05, 0.1) is 18.0 Å². The van der Waals surface area contributed by atoms with Gasteiger partial charge in [-0.15, -0.1) is 0 Å². The van der Waals surface area contributed by atoms with Crippen LogP contribution in [0.4, 0.5) is 21.6 Å². The number of aromatic nitrogens is 4. The van der Waals surface area contributed by atoms with Crippen LogP contribution in [0.2, 0.25) is 0 Å². The first-order valence-corrected chi connectivity index (χ1v) is 10.8. The first-order valence-electron chi connectivity index (χ1n) is 10.8. The predicted molar refractivity (Wildman–Crippen MR) is 126 cm³/mol. The molecule has 0 bridgehead atoms. The van der Waals surface area contributed by atoms with Crippen LogP contribution >= 0.6 is 0 Å². The lowest BCUT2D eigenvalue weighted by atomic mass is 10.1. The molecule has 32 heavy (non-hydrogen) atoms. The number of aryl methyl sites for hydroxylation is 2. The Hall–Kier alpha value is -3.33. The predicted octanol–water partition coefficient (Wildman–Crippen LogP) is 3.84. The van der Waals surface area contributed by atoms with Gasteiger partial charge >= 0.3 is 0 Å². The summed E-state index contributed by atoms with van der Waals surface area (Å²) in [5.74, 6) is 0.783. The molecule has 2 atom stereocenters. The van der Waals surface area contributed by atoms with E-state index in [4.69, 9.17) is 4.74 Å². The smallest absolute Gasteiger partial charge is 0.163 e. The second-order valence-corrected chi connectivity index (χ2v) is 8.70. The van der Waals surface area contributed by atoms with Crippen LogP contribution in [-0.2, 0) is 7.05 Å². The van der Waals surface area contributed by atoms with E-state index in [1.54, 1.807) is 13.2 Å². The van der Waals surface area contributed by atoms with Gasteiger partial charge in [0, 0.05) is 60.7 Å². The molecule has 1 fully saturated rings. The number of nitrogens with zero attached hydrogens (tertiary/aromatic N) is 4. The summed E-state index contributed by atoms with van der Waals surface area (Å²) in [5, 5.41) is 20.1. The van der Waals surface area contributed by atoms with Crippen molar-refractivity contribution in [2.24, 2.45) is 7.05 Å². The molecule has 0 radical (unpaired) electrons. The first kappa shape index (κ1) is 20.6. The van der Waals surface area contributed by atoms with Crippen LogP contribution in [0.25, 0.3) is 21.8 Å². The number of fused-ring (bicyclic) bond motifs is 2. The van der Waals surface area contributed by atoms with Gasteiger partial charge in [0.25, 0.3) is 0 Å². The van der Waals surface area contributed by atoms with Crippen molar-refractivity contribution in [1.82, 2.24) is 25.3 Å². The molecule has 0 aliphatic carbocycles. The summed E-state index contributed by atoms with van der Waals surface area (Å²) in [6, 6.07) is 8.09. The lowest BCUT2D eigenvalue weighted by Crippen LogP contribution is -2.54. The summed E-state index contributed by atoms with van der Waals surface area (Å²) in [6.07, 6.45) is 0. The number of hydrogen-bond acceptors (Lipinski definition) is 6. The number of anilines is 3. The molecule has 0 spiro atoms. The summed E-state index contributed by atoms with van der Waals surface area (Å²) in [5.41, 5.74) is 4.09. The molecular weight excluding hydrogens is 409 g/mol. The van der Waals surface area contributed by atoms with Gasteiger partial charge in [-0.2, -0.15) is 10.2 Å². The van der Waals surface area contributed by atoms with Gasteiger partial charge in [-0.05, 0) is 39.0 Å². The van der Waals surface area contributed by atoms with Gasteiger partial charge in [-0.3, -0.25) is 9.78 Å². The molecule has 4 aromatic rings. The standard InChI is InChI=1S/C23H28FN7O/c1-12-10-31(11-13(2)25-12)16-8-18(24)21-19(9-16)27-28-23(21)26-15-6-17-14(3)30(4)29-22(17)20(7-15)32-5/h6-9,12-13,25H,10-11H2,1-5H3,(H2,26,27,28)/t12-,13-/m1/s1. The van der Waals surface area contributed by atoms with Crippen molar-refractivity contribution in [3.63, 3.8) is 0 Å². The largest absolute Gasteiger partial charge is 0.494 e. The van der Waals surface area contributed by atoms with Crippen LogP contribution in [-0.4, -0.2) is 52.3 Å². The van der Waals surface area contributed by atoms with Crippen molar-refractivity contribution in [2.45, 2.75) is 32.9 Å². The molecule has 0 saturated carbocycles. The first-order chi connectivity index (χ1) is 15.3. The number of benzene rings is 2. The molecule has 3 N–H and O–H groups in total. The number of ether oxygens (including phenoxy) is 1.